The standard InChI is InChI=1S/C8H15N5/c9-1-2-13-6-8(12)3-7(4-10)5-11/h7-8,13H,1-3,6,9,12H2. The molecular formula is C8H15N5. The Morgan fingerprint density at radius 2 is 1.92 bits per heavy atom. The van der Waals surface area contributed by atoms with Crippen molar-refractivity contribution in [3.8, 4) is 12.1 Å². The molecule has 0 aromatic heterocycles. The highest BCUT2D eigenvalue weighted by Crippen LogP contribution is 2.01. The first-order chi connectivity index (χ1) is 6.24. The van der Waals surface area contributed by atoms with Gasteiger partial charge in [0.1, 0.15) is 5.92 Å². The highest BCUT2D eigenvalue weighted by molar-refractivity contribution is 5.00. The van der Waals surface area contributed by atoms with E-state index < -0.39 is 5.92 Å². The molecule has 0 aliphatic carbocycles. The third-order valence-electron chi connectivity index (χ3n) is 1.58. The van der Waals surface area contributed by atoms with Crippen molar-refractivity contribution in [2.75, 3.05) is 19.6 Å². The molecule has 0 saturated carbocycles. The number of nitrogens with one attached hydrogen (secondary N) is 1. The van der Waals surface area contributed by atoms with Crippen LogP contribution in [0.2, 0.25) is 0 Å². The van der Waals surface area contributed by atoms with Crippen LogP contribution in [0.3, 0.4) is 0 Å². The molecule has 5 heteroatoms. The fourth-order valence-corrected chi connectivity index (χ4v) is 0.910. The van der Waals surface area contributed by atoms with Crippen LogP contribution in [-0.4, -0.2) is 25.7 Å². The minimum Gasteiger partial charge on any atom is -0.329 e. The molecule has 1 atom stereocenters. The fourth-order valence-electron chi connectivity index (χ4n) is 0.910. The summed E-state index contributed by atoms with van der Waals surface area (Å²) in [4.78, 5) is 0. The van der Waals surface area contributed by atoms with Gasteiger partial charge in [-0.15, -0.1) is 0 Å². The molecule has 0 amide bonds. The van der Waals surface area contributed by atoms with Crippen LogP contribution in [0.25, 0.3) is 0 Å². The highest BCUT2D eigenvalue weighted by atomic mass is 14.9. The van der Waals surface area contributed by atoms with E-state index in [0.29, 0.717) is 26.1 Å². The van der Waals surface area contributed by atoms with Crippen molar-refractivity contribution < 1.29 is 0 Å². The Morgan fingerprint density at radius 3 is 2.38 bits per heavy atom. The monoisotopic (exact) mass is 181 g/mol. The van der Waals surface area contributed by atoms with Crippen LogP contribution in [0.1, 0.15) is 6.42 Å². The van der Waals surface area contributed by atoms with Gasteiger partial charge >= 0.3 is 0 Å². The minimum absolute atomic E-state index is 0.157. The third kappa shape index (κ3) is 6.06. The van der Waals surface area contributed by atoms with E-state index in [1.807, 2.05) is 12.1 Å². The summed E-state index contributed by atoms with van der Waals surface area (Å²) in [6.07, 6.45) is 0.407. The van der Waals surface area contributed by atoms with Gasteiger partial charge in [-0.3, -0.25) is 0 Å². The zero-order valence-corrected chi connectivity index (χ0v) is 7.53. The van der Waals surface area contributed by atoms with Crippen LogP contribution < -0.4 is 16.8 Å². The maximum atomic E-state index is 8.48. The molecule has 0 aromatic carbocycles. The van der Waals surface area contributed by atoms with Crippen LogP contribution in [0, 0.1) is 28.6 Å². The summed E-state index contributed by atoms with van der Waals surface area (Å²) in [5.41, 5.74) is 10.9. The van der Waals surface area contributed by atoms with Gasteiger partial charge in [0.15, 0.2) is 0 Å². The highest BCUT2D eigenvalue weighted by Gasteiger charge is 2.10. The number of nitrogens with two attached hydrogens (primary N) is 2. The van der Waals surface area contributed by atoms with Crippen molar-refractivity contribution in [1.29, 1.82) is 10.5 Å². The maximum Gasteiger partial charge on any atom is 0.134 e. The smallest absolute Gasteiger partial charge is 0.134 e. The number of nitriles is 2. The maximum absolute atomic E-state index is 8.48. The van der Waals surface area contributed by atoms with E-state index in [1.54, 1.807) is 0 Å². The molecule has 0 fully saturated rings. The van der Waals surface area contributed by atoms with E-state index in [9.17, 15) is 0 Å². The molecule has 0 heterocycles. The molecule has 0 rings (SSSR count). The van der Waals surface area contributed by atoms with E-state index >= 15 is 0 Å². The van der Waals surface area contributed by atoms with Gasteiger partial charge in [0.05, 0.1) is 12.1 Å². The Morgan fingerprint density at radius 1 is 1.31 bits per heavy atom. The number of nitrogens with zero attached hydrogens (tertiary/aromatic N) is 2. The van der Waals surface area contributed by atoms with Crippen LogP contribution in [0.4, 0.5) is 0 Å². The van der Waals surface area contributed by atoms with Gasteiger partial charge in [-0.05, 0) is 6.42 Å². The van der Waals surface area contributed by atoms with Crippen LogP contribution >= 0.6 is 0 Å². The molecule has 1 unspecified atom stereocenters. The summed E-state index contributed by atoms with van der Waals surface area (Å²) in [5, 5.41) is 20.0. The lowest BCUT2D eigenvalue weighted by Gasteiger charge is -2.11. The molecule has 5 nitrogen and oxygen atoms in total. The average Bonchev–Trinajstić information content (AvgIpc) is 2.14. The number of rotatable bonds is 6. The van der Waals surface area contributed by atoms with Crippen molar-refractivity contribution >= 4 is 0 Å². The van der Waals surface area contributed by atoms with E-state index in [0.717, 1.165) is 0 Å². The molecule has 0 spiro atoms. The Labute approximate surface area is 78.3 Å². The molecule has 0 bridgehead atoms. The van der Waals surface area contributed by atoms with Gasteiger partial charge in [0.25, 0.3) is 0 Å². The van der Waals surface area contributed by atoms with E-state index in [2.05, 4.69) is 5.32 Å². The second-order valence-corrected chi connectivity index (χ2v) is 2.80. The molecule has 13 heavy (non-hydrogen) atoms. The molecule has 0 radical (unpaired) electrons. The molecular weight excluding hydrogens is 166 g/mol. The van der Waals surface area contributed by atoms with E-state index in [4.69, 9.17) is 22.0 Å². The topological polar surface area (TPSA) is 112 Å². The van der Waals surface area contributed by atoms with Gasteiger partial charge < -0.3 is 16.8 Å². The Bertz CT molecular complexity index is 188. The van der Waals surface area contributed by atoms with Gasteiger partial charge in [-0.1, -0.05) is 0 Å². The first-order valence-electron chi connectivity index (χ1n) is 4.20. The van der Waals surface area contributed by atoms with E-state index in [1.165, 1.54) is 0 Å². The zero-order valence-electron chi connectivity index (χ0n) is 7.53. The quantitative estimate of drug-likeness (QED) is 0.451. The summed E-state index contributed by atoms with van der Waals surface area (Å²) in [6, 6.07) is 3.60. The van der Waals surface area contributed by atoms with Crippen LogP contribution in [0.5, 0.6) is 0 Å². The van der Waals surface area contributed by atoms with E-state index in [-0.39, 0.29) is 6.04 Å². The Balaban J connectivity index is 3.57. The fraction of sp³-hybridized carbons (Fsp3) is 0.750. The predicted molar refractivity (Wildman–Crippen MR) is 49.2 cm³/mol. The van der Waals surface area contributed by atoms with Crippen molar-refractivity contribution in [2.24, 2.45) is 17.4 Å². The van der Waals surface area contributed by atoms with Crippen LogP contribution in [0.15, 0.2) is 0 Å². The first-order valence-corrected chi connectivity index (χ1v) is 4.20. The second kappa shape index (κ2) is 7.51. The molecule has 5 N–H and O–H groups in total. The average molecular weight is 181 g/mol. The normalized spacial score (nSPS) is 12.1. The molecule has 0 aliphatic rings. The van der Waals surface area contributed by atoms with Gasteiger partial charge in [0.2, 0.25) is 0 Å². The first kappa shape index (κ1) is 11.9. The predicted octanol–water partition coefficient (Wildman–Crippen LogP) is -1.08. The van der Waals surface area contributed by atoms with Crippen LogP contribution in [-0.2, 0) is 0 Å². The lowest BCUT2D eigenvalue weighted by atomic mass is 10.0. The van der Waals surface area contributed by atoms with Gasteiger partial charge in [0, 0.05) is 25.7 Å². The minimum atomic E-state index is -0.602. The van der Waals surface area contributed by atoms with Crippen molar-refractivity contribution in [3.63, 3.8) is 0 Å². The zero-order chi connectivity index (χ0) is 10.1. The lowest BCUT2D eigenvalue weighted by Crippen LogP contribution is -2.37. The molecule has 72 valence electrons. The lowest BCUT2D eigenvalue weighted by molar-refractivity contribution is 0.524. The van der Waals surface area contributed by atoms with Crippen molar-refractivity contribution in [3.05, 3.63) is 0 Å². The largest absolute Gasteiger partial charge is 0.329 e. The van der Waals surface area contributed by atoms with Crippen molar-refractivity contribution in [1.82, 2.24) is 5.32 Å². The van der Waals surface area contributed by atoms with Gasteiger partial charge in [-0.2, -0.15) is 10.5 Å². The number of hydrogen-bond donors (Lipinski definition) is 3. The van der Waals surface area contributed by atoms with Crippen molar-refractivity contribution in [2.45, 2.75) is 12.5 Å². The molecule has 0 saturated heterocycles. The summed E-state index contributed by atoms with van der Waals surface area (Å²) in [7, 11) is 0. The summed E-state index contributed by atoms with van der Waals surface area (Å²) in [6.45, 7) is 1.86. The SMILES string of the molecule is N#CC(C#N)CC(N)CNCCN. The Hall–Kier alpha value is -1.14. The molecule has 0 aliphatic heterocycles. The molecule has 0 aromatic rings. The summed E-state index contributed by atoms with van der Waals surface area (Å²) >= 11 is 0. The summed E-state index contributed by atoms with van der Waals surface area (Å²) in [5.74, 6) is -0.602. The summed E-state index contributed by atoms with van der Waals surface area (Å²) < 4.78 is 0. The van der Waals surface area contributed by atoms with Gasteiger partial charge in [-0.25, -0.2) is 0 Å². The Kier molecular flexibility index (Phi) is 6.85. The second-order valence-electron chi connectivity index (χ2n) is 2.80. The third-order valence-corrected chi connectivity index (χ3v) is 1.58. The number of hydrogen-bond acceptors (Lipinski definition) is 5.